The van der Waals surface area contributed by atoms with Crippen LogP contribution >= 0.6 is 0 Å². The van der Waals surface area contributed by atoms with Crippen LogP contribution in [0.4, 0.5) is 0 Å². The highest BCUT2D eigenvalue weighted by atomic mass is 16.5. The van der Waals surface area contributed by atoms with Gasteiger partial charge in [0.25, 0.3) is 0 Å². The molecule has 0 radical (unpaired) electrons. The molecule has 2 N–H and O–H groups in total. The number of hydrogen-bond donors (Lipinski definition) is 2. The number of benzene rings is 2. The third-order valence-electron chi connectivity index (χ3n) is 4.74. The van der Waals surface area contributed by atoms with Gasteiger partial charge in [-0.2, -0.15) is 0 Å². The molecule has 0 amide bonds. The Morgan fingerprint density at radius 3 is 2.43 bits per heavy atom. The summed E-state index contributed by atoms with van der Waals surface area (Å²) in [5.74, 6) is -0.742. The molecule has 0 spiro atoms. The second-order valence-corrected chi connectivity index (χ2v) is 7.10. The summed E-state index contributed by atoms with van der Waals surface area (Å²) in [6.45, 7) is 4.11. The van der Waals surface area contributed by atoms with Gasteiger partial charge in [-0.3, -0.25) is 4.79 Å². The van der Waals surface area contributed by atoms with Crippen LogP contribution in [0.5, 0.6) is 5.75 Å². The van der Waals surface area contributed by atoms with Crippen molar-refractivity contribution in [1.82, 2.24) is 0 Å². The minimum absolute atomic E-state index is 0.169. The van der Waals surface area contributed by atoms with Crippen molar-refractivity contribution in [3.63, 3.8) is 0 Å². The average Bonchev–Trinajstić information content (AvgIpc) is 2.74. The molecule has 0 saturated heterocycles. The number of aliphatic carboxylic acids is 1. The normalized spacial score (nSPS) is 11.9. The van der Waals surface area contributed by atoms with Crippen LogP contribution in [-0.4, -0.2) is 28.8 Å². The first-order valence-electron chi connectivity index (χ1n) is 10.0. The SMILES string of the molecule is C=CCOc1ccccc1/C=C/C(CCCCC(=O)O)Cc1ccc(C(=O)O)cc1. The number of unbranched alkanes of at least 4 members (excludes halogenated alkanes) is 1. The monoisotopic (exact) mass is 408 g/mol. The molecule has 2 aromatic carbocycles. The predicted octanol–water partition coefficient (Wildman–Crippen LogP) is 5.47. The number of rotatable bonds is 13. The number of aromatic carboxylic acids is 1. The molecular formula is C25H28O5. The third kappa shape index (κ3) is 7.95. The van der Waals surface area contributed by atoms with Gasteiger partial charge < -0.3 is 14.9 Å². The maximum atomic E-state index is 11.1. The highest BCUT2D eigenvalue weighted by molar-refractivity contribution is 5.87. The van der Waals surface area contributed by atoms with Gasteiger partial charge in [0.15, 0.2) is 0 Å². The lowest BCUT2D eigenvalue weighted by Gasteiger charge is -2.14. The standard InChI is InChI=1S/C25H28O5/c1-2-17-30-23-9-5-4-8-21(23)14-11-19(7-3-6-10-24(26)27)18-20-12-15-22(16-13-20)25(28)29/h2,4-5,8-9,11-16,19H,1,3,6-7,10,17-18H2,(H,26,27)(H,28,29)/b14-11+. The number of carbonyl (C=O) groups is 2. The van der Waals surface area contributed by atoms with Crippen molar-refractivity contribution in [2.24, 2.45) is 5.92 Å². The summed E-state index contributed by atoms with van der Waals surface area (Å²) in [5.41, 5.74) is 2.28. The Balaban J connectivity index is 2.12. The molecule has 0 fully saturated rings. The Hall–Kier alpha value is -3.34. The molecule has 158 valence electrons. The van der Waals surface area contributed by atoms with Crippen molar-refractivity contribution in [2.75, 3.05) is 6.61 Å². The van der Waals surface area contributed by atoms with Gasteiger partial charge in [0.1, 0.15) is 12.4 Å². The second kappa shape index (κ2) is 12.3. The summed E-state index contributed by atoms with van der Waals surface area (Å²) in [5, 5.41) is 17.9. The fraction of sp³-hybridized carbons (Fsp3) is 0.280. The van der Waals surface area contributed by atoms with E-state index >= 15 is 0 Å². The van der Waals surface area contributed by atoms with Gasteiger partial charge in [-0.25, -0.2) is 4.79 Å². The highest BCUT2D eigenvalue weighted by Crippen LogP contribution is 2.23. The summed E-state index contributed by atoms with van der Waals surface area (Å²) >= 11 is 0. The lowest BCUT2D eigenvalue weighted by atomic mass is 9.92. The maximum Gasteiger partial charge on any atom is 0.335 e. The van der Waals surface area contributed by atoms with Crippen molar-refractivity contribution in [3.05, 3.63) is 84.0 Å². The van der Waals surface area contributed by atoms with E-state index in [1.165, 1.54) is 0 Å². The van der Waals surface area contributed by atoms with Crippen molar-refractivity contribution in [1.29, 1.82) is 0 Å². The molecule has 0 aliphatic rings. The van der Waals surface area contributed by atoms with E-state index in [1.54, 1.807) is 18.2 Å². The summed E-state index contributed by atoms with van der Waals surface area (Å²) in [7, 11) is 0. The first-order valence-corrected chi connectivity index (χ1v) is 10.0. The molecule has 0 aliphatic heterocycles. The van der Waals surface area contributed by atoms with Gasteiger partial charge >= 0.3 is 11.9 Å². The van der Waals surface area contributed by atoms with Crippen LogP contribution in [0.25, 0.3) is 6.08 Å². The lowest BCUT2D eigenvalue weighted by Crippen LogP contribution is -2.04. The number of carboxylic acids is 2. The first kappa shape index (κ1) is 22.9. The van der Waals surface area contributed by atoms with E-state index in [1.807, 2.05) is 42.5 Å². The summed E-state index contributed by atoms with van der Waals surface area (Å²) in [4.78, 5) is 21.8. The zero-order chi connectivity index (χ0) is 21.8. The van der Waals surface area contributed by atoms with Gasteiger partial charge in [-0.15, -0.1) is 0 Å². The topological polar surface area (TPSA) is 83.8 Å². The third-order valence-corrected chi connectivity index (χ3v) is 4.74. The molecule has 1 unspecified atom stereocenters. The Kier molecular flexibility index (Phi) is 9.38. The smallest absolute Gasteiger partial charge is 0.335 e. The Labute approximate surface area is 177 Å². The van der Waals surface area contributed by atoms with E-state index in [0.29, 0.717) is 13.0 Å². The summed E-state index contributed by atoms with van der Waals surface area (Å²) < 4.78 is 5.71. The molecule has 5 heteroatoms. The molecule has 2 aromatic rings. The van der Waals surface area contributed by atoms with Crippen LogP contribution in [0.15, 0.2) is 67.3 Å². The van der Waals surface area contributed by atoms with Crippen LogP contribution in [0.3, 0.4) is 0 Å². The van der Waals surface area contributed by atoms with Gasteiger partial charge in [0, 0.05) is 12.0 Å². The molecule has 1 atom stereocenters. The van der Waals surface area contributed by atoms with Crippen LogP contribution in [0.2, 0.25) is 0 Å². The molecule has 30 heavy (non-hydrogen) atoms. The number of ether oxygens (including phenoxy) is 1. The number of para-hydroxylation sites is 1. The van der Waals surface area contributed by atoms with Crippen molar-refractivity contribution >= 4 is 18.0 Å². The molecule has 5 nitrogen and oxygen atoms in total. The Bertz CT molecular complexity index is 867. The average molecular weight is 408 g/mol. The fourth-order valence-electron chi connectivity index (χ4n) is 3.17. The molecular weight excluding hydrogens is 380 g/mol. The van der Waals surface area contributed by atoms with Crippen LogP contribution in [-0.2, 0) is 11.2 Å². The molecule has 2 rings (SSSR count). The highest BCUT2D eigenvalue weighted by Gasteiger charge is 2.10. The van der Waals surface area contributed by atoms with E-state index in [0.717, 1.165) is 36.1 Å². The number of hydrogen-bond acceptors (Lipinski definition) is 3. The van der Waals surface area contributed by atoms with E-state index in [2.05, 4.69) is 12.7 Å². The number of carboxylic acid groups (broad SMARTS) is 2. The van der Waals surface area contributed by atoms with Crippen LogP contribution in [0, 0.1) is 5.92 Å². The summed E-state index contributed by atoms with van der Waals surface area (Å²) in [6.07, 6.45) is 9.07. The van der Waals surface area contributed by atoms with E-state index in [9.17, 15) is 9.59 Å². The van der Waals surface area contributed by atoms with Crippen molar-refractivity contribution in [3.8, 4) is 5.75 Å². The predicted molar refractivity (Wildman–Crippen MR) is 118 cm³/mol. The van der Waals surface area contributed by atoms with Crippen molar-refractivity contribution in [2.45, 2.75) is 32.1 Å². The second-order valence-electron chi connectivity index (χ2n) is 7.10. The van der Waals surface area contributed by atoms with E-state index in [4.69, 9.17) is 14.9 Å². The molecule has 0 aromatic heterocycles. The van der Waals surface area contributed by atoms with E-state index in [-0.39, 0.29) is 17.9 Å². The van der Waals surface area contributed by atoms with Crippen molar-refractivity contribution < 1.29 is 24.5 Å². The minimum atomic E-state index is -0.942. The van der Waals surface area contributed by atoms with E-state index < -0.39 is 11.9 Å². The summed E-state index contributed by atoms with van der Waals surface area (Å²) in [6, 6.07) is 14.7. The largest absolute Gasteiger partial charge is 0.489 e. The molecule has 0 aliphatic carbocycles. The first-order chi connectivity index (χ1) is 14.5. The van der Waals surface area contributed by atoms with Gasteiger partial charge in [0.2, 0.25) is 0 Å². The maximum absolute atomic E-state index is 11.1. The van der Waals surface area contributed by atoms with Gasteiger partial charge in [0.05, 0.1) is 5.56 Å². The van der Waals surface area contributed by atoms with Crippen LogP contribution in [0.1, 0.15) is 47.2 Å². The van der Waals surface area contributed by atoms with Crippen LogP contribution < -0.4 is 4.74 Å². The Morgan fingerprint density at radius 2 is 1.77 bits per heavy atom. The van der Waals surface area contributed by atoms with Gasteiger partial charge in [-0.1, -0.05) is 61.6 Å². The minimum Gasteiger partial charge on any atom is -0.489 e. The number of allylic oxidation sites excluding steroid dienone is 1. The zero-order valence-corrected chi connectivity index (χ0v) is 17.0. The van der Waals surface area contributed by atoms with Gasteiger partial charge in [-0.05, 0) is 48.9 Å². The molecule has 0 bridgehead atoms. The molecule has 0 saturated carbocycles. The fourth-order valence-corrected chi connectivity index (χ4v) is 3.17. The zero-order valence-electron chi connectivity index (χ0n) is 17.0. The lowest BCUT2D eigenvalue weighted by molar-refractivity contribution is -0.137. The Morgan fingerprint density at radius 1 is 1.03 bits per heavy atom. The quantitative estimate of drug-likeness (QED) is 0.339. The molecule has 0 heterocycles.